The molecule has 2 rings (SSSR count). The molecule has 0 bridgehead atoms. The molecule has 2 aromatic rings. The maximum atomic E-state index is 13.2. The second kappa shape index (κ2) is 6.55. The Kier molecular flexibility index (Phi) is 5.00. The predicted molar refractivity (Wildman–Crippen MR) is 81.4 cm³/mol. The number of nitrogens with two attached hydrogens (primary N) is 1. The van der Waals surface area contributed by atoms with E-state index in [9.17, 15) is 4.39 Å². The summed E-state index contributed by atoms with van der Waals surface area (Å²) < 4.78 is 13.2. The lowest BCUT2D eigenvalue weighted by Gasteiger charge is -2.18. The largest absolute Gasteiger partial charge is 0.271 e. The monoisotopic (exact) mass is 312 g/mol. The van der Waals surface area contributed by atoms with Gasteiger partial charge in [0.2, 0.25) is 0 Å². The number of rotatable bonds is 4. The SMILES string of the molecule is Cc1ccc(C(Cc2ccc(F)c(Cl)c2)NN)c(Cl)c1. The lowest BCUT2D eigenvalue weighted by molar-refractivity contribution is 0.551. The van der Waals surface area contributed by atoms with Gasteiger partial charge in [0.05, 0.1) is 11.1 Å². The molecule has 0 heterocycles. The third kappa shape index (κ3) is 3.49. The van der Waals surface area contributed by atoms with E-state index in [-0.39, 0.29) is 11.1 Å². The maximum absolute atomic E-state index is 13.2. The molecule has 2 aromatic carbocycles. The highest BCUT2D eigenvalue weighted by molar-refractivity contribution is 6.31. The van der Waals surface area contributed by atoms with Gasteiger partial charge < -0.3 is 0 Å². The number of halogens is 3. The maximum Gasteiger partial charge on any atom is 0.141 e. The Morgan fingerprint density at radius 1 is 1.15 bits per heavy atom. The third-order valence-electron chi connectivity index (χ3n) is 3.16. The zero-order valence-electron chi connectivity index (χ0n) is 11.0. The van der Waals surface area contributed by atoms with Crippen molar-refractivity contribution in [3.8, 4) is 0 Å². The van der Waals surface area contributed by atoms with E-state index in [1.807, 2.05) is 25.1 Å². The molecule has 0 fully saturated rings. The normalized spacial score (nSPS) is 12.4. The highest BCUT2D eigenvalue weighted by Gasteiger charge is 2.15. The van der Waals surface area contributed by atoms with Gasteiger partial charge in [-0.05, 0) is 48.2 Å². The third-order valence-corrected chi connectivity index (χ3v) is 3.77. The fourth-order valence-electron chi connectivity index (χ4n) is 2.08. The number of hydrazine groups is 1. The van der Waals surface area contributed by atoms with Gasteiger partial charge in [0.25, 0.3) is 0 Å². The second-order valence-corrected chi connectivity index (χ2v) is 5.51. The van der Waals surface area contributed by atoms with Gasteiger partial charge in [-0.1, -0.05) is 41.4 Å². The van der Waals surface area contributed by atoms with Crippen LogP contribution in [-0.4, -0.2) is 0 Å². The van der Waals surface area contributed by atoms with Crippen LogP contribution in [0.2, 0.25) is 10.0 Å². The van der Waals surface area contributed by atoms with Crippen molar-refractivity contribution in [2.45, 2.75) is 19.4 Å². The summed E-state index contributed by atoms with van der Waals surface area (Å²) >= 11 is 12.0. The minimum Gasteiger partial charge on any atom is -0.271 e. The molecule has 0 aliphatic rings. The number of aryl methyl sites for hydroxylation is 1. The molecule has 0 radical (unpaired) electrons. The van der Waals surface area contributed by atoms with E-state index in [4.69, 9.17) is 29.0 Å². The number of hydrogen-bond acceptors (Lipinski definition) is 2. The Labute approximate surface area is 127 Å². The Bertz CT molecular complexity index is 617. The smallest absolute Gasteiger partial charge is 0.141 e. The van der Waals surface area contributed by atoms with Crippen LogP contribution in [0, 0.1) is 12.7 Å². The quantitative estimate of drug-likeness (QED) is 0.656. The molecule has 3 N–H and O–H groups in total. The summed E-state index contributed by atoms with van der Waals surface area (Å²) in [6.07, 6.45) is 0.569. The molecule has 0 aromatic heterocycles. The molecule has 1 unspecified atom stereocenters. The van der Waals surface area contributed by atoms with Crippen molar-refractivity contribution in [2.75, 3.05) is 0 Å². The molecule has 106 valence electrons. The fraction of sp³-hybridized carbons (Fsp3) is 0.200. The molecule has 0 saturated heterocycles. The van der Waals surface area contributed by atoms with Crippen LogP contribution in [0.1, 0.15) is 22.7 Å². The first-order chi connectivity index (χ1) is 9.51. The van der Waals surface area contributed by atoms with Crippen LogP contribution < -0.4 is 11.3 Å². The van der Waals surface area contributed by atoms with Crippen molar-refractivity contribution in [1.82, 2.24) is 5.43 Å². The Morgan fingerprint density at radius 2 is 1.90 bits per heavy atom. The van der Waals surface area contributed by atoms with Gasteiger partial charge >= 0.3 is 0 Å². The van der Waals surface area contributed by atoms with E-state index in [0.29, 0.717) is 11.4 Å². The van der Waals surface area contributed by atoms with Crippen molar-refractivity contribution < 1.29 is 4.39 Å². The van der Waals surface area contributed by atoms with Crippen molar-refractivity contribution in [1.29, 1.82) is 0 Å². The zero-order chi connectivity index (χ0) is 14.7. The highest BCUT2D eigenvalue weighted by atomic mass is 35.5. The van der Waals surface area contributed by atoms with Crippen LogP contribution in [-0.2, 0) is 6.42 Å². The predicted octanol–water partition coefficient (Wildman–Crippen LogP) is 4.19. The summed E-state index contributed by atoms with van der Waals surface area (Å²) in [5.74, 6) is 5.18. The lowest BCUT2D eigenvalue weighted by atomic mass is 9.98. The zero-order valence-corrected chi connectivity index (χ0v) is 12.5. The number of hydrogen-bond donors (Lipinski definition) is 2. The summed E-state index contributed by atoms with van der Waals surface area (Å²) in [5, 5.41) is 0.759. The van der Waals surface area contributed by atoms with Gasteiger partial charge in [-0.2, -0.15) is 0 Å². The van der Waals surface area contributed by atoms with Crippen molar-refractivity contribution in [3.63, 3.8) is 0 Å². The Hall–Kier alpha value is -1.13. The lowest BCUT2D eigenvalue weighted by Crippen LogP contribution is -2.29. The Morgan fingerprint density at radius 3 is 2.50 bits per heavy atom. The minimum atomic E-state index is -0.430. The standard InChI is InChI=1S/C15H15Cl2FN2/c1-9-2-4-11(12(16)6-9)15(20-19)8-10-3-5-14(18)13(17)7-10/h2-7,15,20H,8,19H2,1H3. The molecule has 1 atom stereocenters. The van der Waals surface area contributed by atoms with Gasteiger partial charge in [0.1, 0.15) is 5.82 Å². The van der Waals surface area contributed by atoms with E-state index in [0.717, 1.165) is 16.7 Å². The topological polar surface area (TPSA) is 38.0 Å². The average Bonchev–Trinajstić information content (AvgIpc) is 2.41. The van der Waals surface area contributed by atoms with Gasteiger partial charge in [-0.3, -0.25) is 11.3 Å². The molecule has 5 heteroatoms. The van der Waals surface area contributed by atoms with Crippen LogP contribution in [0.3, 0.4) is 0 Å². The number of benzene rings is 2. The summed E-state index contributed by atoms with van der Waals surface area (Å²) in [7, 11) is 0. The Balaban J connectivity index is 2.26. The first-order valence-corrected chi connectivity index (χ1v) is 6.93. The molecule has 0 aliphatic heterocycles. The fourth-order valence-corrected chi connectivity index (χ4v) is 2.65. The second-order valence-electron chi connectivity index (χ2n) is 4.70. The average molecular weight is 313 g/mol. The minimum absolute atomic E-state index is 0.105. The molecule has 2 nitrogen and oxygen atoms in total. The first-order valence-electron chi connectivity index (χ1n) is 6.17. The summed E-state index contributed by atoms with van der Waals surface area (Å²) in [4.78, 5) is 0. The summed E-state index contributed by atoms with van der Waals surface area (Å²) in [5.41, 5.74) is 5.61. The van der Waals surface area contributed by atoms with Crippen LogP contribution in [0.15, 0.2) is 36.4 Å². The van der Waals surface area contributed by atoms with Gasteiger partial charge in [-0.25, -0.2) is 4.39 Å². The van der Waals surface area contributed by atoms with E-state index >= 15 is 0 Å². The highest BCUT2D eigenvalue weighted by Crippen LogP contribution is 2.27. The molecule has 0 amide bonds. The van der Waals surface area contributed by atoms with Gasteiger partial charge in [-0.15, -0.1) is 0 Å². The molecule has 0 saturated carbocycles. The summed E-state index contributed by atoms with van der Waals surface area (Å²) in [6.45, 7) is 1.97. The first kappa shape index (κ1) is 15.3. The van der Waals surface area contributed by atoms with Crippen molar-refractivity contribution in [2.24, 2.45) is 5.84 Å². The van der Waals surface area contributed by atoms with Crippen LogP contribution >= 0.6 is 23.2 Å². The molecular weight excluding hydrogens is 298 g/mol. The van der Waals surface area contributed by atoms with E-state index in [1.165, 1.54) is 6.07 Å². The molecular formula is C15H15Cl2FN2. The number of nitrogens with one attached hydrogen (secondary N) is 1. The van der Waals surface area contributed by atoms with Crippen LogP contribution in [0.5, 0.6) is 0 Å². The van der Waals surface area contributed by atoms with E-state index < -0.39 is 5.82 Å². The molecule has 0 spiro atoms. The van der Waals surface area contributed by atoms with Crippen LogP contribution in [0.25, 0.3) is 0 Å². The van der Waals surface area contributed by atoms with E-state index in [1.54, 1.807) is 12.1 Å². The summed E-state index contributed by atoms with van der Waals surface area (Å²) in [6, 6.07) is 10.3. The van der Waals surface area contributed by atoms with Gasteiger partial charge in [0.15, 0.2) is 0 Å². The van der Waals surface area contributed by atoms with Crippen LogP contribution in [0.4, 0.5) is 4.39 Å². The van der Waals surface area contributed by atoms with Crippen molar-refractivity contribution in [3.05, 3.63) is 69.0 Å². The molecule has 0 aliphatic carbocycles. The van der Waals surface area contributed by atoms with Gasteiger partial charge in [0, 0.05) is 5.02 Å². The molecule has 20 heavy (non-hydrogen) atoms. The van der Waals surface area contributed by atoms with Crippen molar-refractivity contribution >= 4 is 23.2 Å². The van der Waals surface area contributed by atoms with E-state index in [2.05, 4.69) is 5.43 Å².